The van der Waals surface area contributed by atoms with Crippen LogP contribution in [-0.4, -0.2) is 214 Å². The molecule has 15 rings (SSSR count). The Bertz CT molecular complexity index is 5160. The number of carbonyl (C=O) groups excluding carboxylic acids is 1. The lowest BCUT2D eigenvalue weighted by molar-refractivity contribution is -0.123. The standard InChI is InChI=1S/C26H32N4O3S.C25H28N4O3S.C25H30N4O2S.3CH2O2/c1-4-20-8-9-24-25(19-10-13-28(2)14-11-19)18-30(26(24)27-20)34(31,32)23-7-5-6-21(16-23)29-15-12-22(17-29)33-3;1-3-19-9-10-22-23(18-11-14-27(2)15-12-18)17-29(25(22)26-19)33(31,32)21-7-4-6-20(16-21)28-13-5-8-24(28)30;1-3-20-9-10-23-24(19-11-15-27(2)16-12-19)18-29(25(23)26-20)32(30,31)22-8-6-7-21(17-22)28-13-4-5-14-28;3*2-1-3/h5-10,16,18,22H,4,11-15,17H2,1-3H3;4,6-7,9-11,16-17H,3,5,8,12-15H2,1-2H3;6-11,17-18H,3-5,12-16H2,1-2H3;3*1H,(H,2,3). The molecule has 6 aliphatic rings. The predicted octanol–water partition coefficient (Wildman–Crippen LogP) is 10.7. The fraction of sp³-hybridized carbons (Fsp3) is 0.380. The lowest BCUT2D eigenvalue weighted by atomic mass is 10.00. The molecular formula is C79H96N12O14S3. The molecule has 9 aromatic rings. The number of methoxy groups -OCH3 is 1. The average Bonchev–Trinajstić information content (AvgIpc) is 1.60. The number of rotatable bonds is 16. The van der Waals surface area contributed by atoms with E-state index in [0.717, 1.165) is 197 Å². The highest BCUT2D eigenvalue weighted by Crippen LogP contribution is 2.38. The van der Waals surface area contributed by atoms with Crippen LogP contribution in [0.4, 0.5) is 17.1 Å². The molecule has 26 nitrogen and oxygen atoms in total. The fourth-order valence-electron chi connectivity index (χ4n) is 14.2. The van der Waals surface area contributed by atoms with Gasteiger partial charge in [-0.25, -0.2) is 52.1 Å². The van der Waals surface area contributed by atoms with Crippen molar-refractivity contribution in [3.05, 3.63) is 180 Å². The Morgan fingerprint density at radius 1 is 0.454 bits per heavy atom. The number of amides is 1. The maximum atomic E-state index is 13.9. The number of benzene rings is 3. The minimum absolute atomic E-state index is 0.0294. The summed E-state index contributed by atoms with van der Waals surface area (Å²) in [7, 11) is -3.53. The smallest absolute Gasteiger partial charge is 0.290 e. The number of nitrogens with zero attached hydrogens (tertiary/aromatic N) is 12. The summed E-state index contributed by atoms with van der Waals surface area (Å²) in [6.45, 7) is 14.9. The van der Waals surface area contributed by atoms with E-state index in [4.69, 9.17) is 49.4 Å². The molecule has 574 valence electrons. The van der Waals surface area contributed by atoms with Crippen LogP contribution in [0.25, 0.3) is 49.8 Å². The van der Waals surface area contributed by atoms with Crippen molar-refractivity contribution >= 4 is 122 Å². The summed E-state index contributed by atoms with van der Waals surface area (Å²) < 4.78 is 92.8. The Labute approximate surface area is 631 Å². The van der Waals surface area contributed by atoms with Gasteiger partial charge < -0.3 is 49.5 Å². The van der Waals surface area contributed by atoms with Crippen LogP contribution in [0.1, 0.15) is 106 Å². The molecule has 3 fully saturated rings. The van der Waals surface area contributed by atoms with Gasteiger partial charge in [0.2, 0.25) is 5.91 Å². The average molecular weight is 1530 g/mol. The van der Waals surface area contributed by atoms with Crippen molar-refractivity contribution in [2.24, 2.45) is 0 Å². The number of hydrogen-bond acceptors (Lipinski definition) is 19. The first kappa shape index (κ1) is 80.7. The highest BCUT2D eigenvalue weighted by atomic mass is 32.2. The third kappa shape index (κ3) is 18.1. The van der Waals surface area contributed by atoms with Gasteiger partial charge in [-0.05, 0) is 193 Å². The second-order valence-corrected chi connectivity index (χ2v) is 32.5. The Morgan fingerprint density at radius 2 is 0.806 bits per heavy atom. The third-order valence-corrected chi connectivity index (χ3v) is 25.2. The fourth-order valence-corrected chi connectivity index (χ4v) is 18.3. The van der Waals surface area contributed by atoms with E-state index in [2.05, 4.69) is 63.9 Å². The summed E-state index contributed by atoms with van der Waals surface area (Å²) in [5.41, 5.74) is 13.0. The number of fused-ring (bicyclic) bond motifs is 3. The van der Waals surface area contributed by atoms with Crippen LogP contribution in [-0.2, 0) is 73.2 Å². The summed E-state index contributed by atoms with van der Waals surface area (Å²) >= 11 is 0. The minimum atomic E-state index is -3.91. The number of hydrogen-bond donors (Lipinski definition) is 3. The van der Waals surface area contributed by atoms with Crippen molar-refractivity contribution < 1.29 is 64.5 Å². The molecule has 29 heteroatoms. The molecule has 0 saturated carbocycles. The van der Waals surface area contributed by atoms with E-state index >= 15 is 0 Å². The molecule has 0 bridgehead atoms. The van der Waals surface area contributed by atoms with E-state index in [9.17, 15) is 30.0 Å². The van der Waals surface area contributed by atoms with Crippen LogP contribution in [0.5, 0.6) is 0 Å². The molecule has 0 radical (unpaired) electrons. The Kier molecular flexibility index (Phi) is 27.1. The zero-order valence-electron chi connectivity index (χ0n) is 62.1. The van der Waals surface area contributed by atoms with Crippen LogP contribution >= 0.6 is 0 Å². The van der Waals surface area contributed by atoms with Gasteiger partial charge in [-0.15, -0.1) is 0 Å². The second kappa shape index (κ2) is 36.3. The lowest BCUT2D eigenvalue weighted by Crippen LogP contribution is -2.24. The molecule has 108 heavy (non-hydrogen) atoms. The summed E-state index contributed by atoms with van der Waals surface area (Å²) in [6.07, 6.45) is 21.4. The zero-order chi connectivity index (χ0) is 77.5. The quantitative estimate of drug-likeness (QED) is 0.0757. The highest BCUT2D eigenvalue weighted by Gasteiger charge is 2.32. The molecule has 0 spiro atoms. The SMILES string of the molecule is CCc1ccc2c(C3=CCN(C)CC3)cn(S(=O)(=O)c3cccc(N4CCC(OC)C4)c3)c2n1.CCc1ccc2c(C3=CCN(C)CC3)cn(S(=O)(=O)c3cccc(N4CCCC4)c3)c2n1.CCc1ccc2c(C3=CCN(C)CC3)cn(S(=O)(=O)c3cccc(N4CCCC4=O)c3)c2n1.O=CO.O=CO.O=CO. The van der Waals surface area contributed by atoms with E-state index in [1.807, 2.05) is 87.5 Å². The van der Waals surface area contributed by atoms with Gasteiger partial charge in [0.1, 0.15) is 0 Å². The van der Waals surface area contributed by atoms with Crippen molar-refractivity contribution in [1.29, 1.82) is 0 Å². The van der Waals surface area contributed by atoms with E-state index in [1.54, 1.807) is 73.1 Å². The number of carboxylic acid groups (broad SMARTS) is 3. The maximum absolute atomic E-state index is 13.9. The normalized spacial score (nSPS) is 17.2. The van der Waals surface area contributed by atoms with Gasteiger partial charge in [-0.1, -0.05) is 57.2 Å². The monoisotopic (exact) mass is 1530 g/mol. The van der Waals surface area contributed by atoms with Crippen molar-refractivity contribution in [2.45, 2.75) is 112 Å². The van der Waals surface area contributed by atoms with E-state index in [-0.39, 0.29) is 41.2 Å². The molecule has 12 heterocycles. The van der Waals surface area contributed by atoms with Gasteiger partial charge in [0.25, 0.3) is 49.5 Å². The van der Waals surface area contributed by atoms with Gasteiger partial charge in [0.15, 0.2) is 16.9 Å². The van der Waals surface area contributed by atoms with Crippen LogP contribution in [0.15, 0.2) is 161 Å². The molecule has 3 saturated heterocycles. The molecule has 1 atom stereocenters. The first-order valence-electron chi connectivity index (χ1n) is 36.3. The number of anilines is 3. The predicted molar refractivity (Wildman–Crippen MR) is 421 cm³/mol. The van der Waals surface area contributed by atoms with Crippen LogP contribution in [0.2, 0.25) is 0 Å². The van der Waals surface area contributed by atoms with Gasteiger partial charge in [0.05, 0.1) is 20.8 Å². The van der Waals surface area contributed by atoms with Gasteiger partial charge in [-0.3, -0.25) is 19.2 Å². The Balaban J connectivity index is 0.000000164. The molecule has 1 amide bonds. The Hall–Kier alpha value is -9.88. The van der Waals surface area contributed by atoms with E-state index in [0.29, 0.717) is 40.5 Å². The largest absolute Gasteiger partial charge is 0.483 e. The van der Waals surface area contributed by atoms with Gasteiger partial charge >= 0.3 is 0 Å². The number of ether oxygens (including phenoxy) is 1. The number of pyridine rings is 3. The summed E-state index contributed by atoms with van der Waals surface area (Å²) in [5.74, 6) is 0.0294. The number of aromatic nitrogens is 6. The minimum Gasteiger partial charge on any atom is -0.483 e. The van der Waals surface area contributed by atoms with Crippen LogP contribution in [0, 0.1) is 0 Å². The molecule has 6 aromatic heterocycles. The zero-order valence-corrected chi connectivity index (χ0v) is 64.6. The van der Waals surface area contributed by atoms with Crippen molar-refractivity contribution in [1.82, 2.24) is 41.6 Å². The van der Waals surface area contributed by atoms with Crippen molar-refractivity contribution in [2.75, 3.05) is 115 Å². The van der Waals surface area contributed by atoms with E-state index in [1.165, 1.54) is 23.1 Å². The number of carbonyl (C=O) groups is 4. The summed E-state index contributed by atoms with van der Waals surface area (Å²) in [5, 5.41) is 23.3. The van der Waals surface area contributed by atoms with E-state index < -0.39 is 30.1 Å². The van der Waals surface area contributed by atoms with Gasteiger partial charge in [0, 0.05) is 171 Å². The summed E-state index contributed by atoms with van der Waals surface area (Å²) in [6, 6.07) is 33.3. The second-order valence-electron chi connectivity index (χ2n) is 27.1. The summed E-state index contributed by atoms with van der Waals surface area (Å²) in [4.78, 5) is 65.1. The number of likely N-dealkylation sites (N-methyl/N-ethyl adjacent to an activating group) is 3. The first-order valence-corrected chi connectivity index (χ1v) is 40.6. The molecule has 3 aromatic carbocycles. The van der Waals surface area contributed by atoms with Crippen LogP contribution < -0.4 is 14.7 Å². The molecule has 3 N–H and O–H groups in total. The van der Waals surface area contributed by atoms with Crippen LogP contribution in [0.3, 0.4) is 0 Å². The molecule has 6 aliphatic heterocycles. The third-order valence-electron chi connectivity index (χ3n) is 20.2. The number of aryl methyl sites for hydroxylation is 3. The van der Waals surface area contributed by atoms with Gasteiger partial charge in [-0.2, -0.15) is 0 Å². The maximum Gasteiger partial charge on any atom is 0.290 e. The molecular weight excluding hydrogens is 1440 g/mol. The van der Waals surface area contributed by atoms with Crippen molar-refractivity contribution in [3.63, 3.8) is 0 Å². The highest BCUT2D eigenvalue weighted by molar-refractivity contribution is 7.90. The molecule has 0 aliphatic carbocycles. The molecule has 1 unspecified atom stereocenters. The Morgan fingerprint density at radius 3 is 1.12 bits per heavy atom. The van der Waals surface area contributed by atoms with Crippen molar-refractivity contribution in [3.8, 4) is 0 Å². The first-order chi connectivity index (χ1) is 52.0. The lowest BCUT2D eigenvalue weighted by Gasteiger charge is -2.21. The topological polar surface area (TPSA) is 314 Å².